The maximum Gasteiger partial charge on any atom is 0.417 e. The van der Waals surface area contributed by atoms with E-state index in [2.05, 4.69) is 24.8 Å². The van der Waals surface area contributed by atoms with Crippen LogP contribution >= 0.6 is 0 Å². The average molecular weight is 460 g/mol. The van der Waals surface area contributed by atoms with E-state index in [1.54, 1.807) is 4.90 Å². The number of hydrogen-bond donors (Lipinski definition) is 0. The first-order chi connectivity index (χ1) is 15.6. The van der Waals surface area contributed by atoms with Crippen LogP contribution in [0.2, 0.25) is 0 Å². The highest BCUT2D eigenvalue weighted by Crippen LogP contribution is 2.28. The number of carbonyl (C=O) groups is 2. The zero-order valence-corrected chi connectivity index (χ0v) is 21.6. The fourth-order valence-electron chi connectivity index (χ4n) is 5.11. The van der Waals surface area contributed by atoms with E-state index in [4.69, 9.17) is 9.73 Å². The normalized spacial score (nSPS) is 24.4. The molecule has 1 saturated heterocycles. The molecule has 0 aromatic heterocycles. The van der Waals surface area contributed by atoms with Crippen LogP contribution in [0.25, 0.3) is 0 Å². The van der Waals surface area contributed by atoms with Gasteiger partial charge >= 0.3 is 6.09 Å². The third-order valence-corrected chi connectivity index (χ3v) is 6.77. The molecule has 3 aliphatic rings. The Labute approximate surface area is 200 Å². The number of amides is 1. The van der Waals surface area contributed by atoms with Gasteiger partial charge in [0.05, 0.1) is 12.6 Å². The Bertz CT molecular complexity index is 744. The molecule has 0 spiro atoms. The lowest BCUT2D eigenvalue weighted by molar-refractivity contribution is -0.126. The molecule has 0 bridgehead atoms. The van der Waals surface area contributed by atoms with Crippen molar-refractivity contribution in [3.05, 3.63) is 11.6 Å². The molecule has 1 heterocycles. The molecule has 1 atom stereocenters. The molecular weight excluding hydrogens is 414 g/mol. The SMILES string of the molecule is CC(C)CC1C(=O)CN(CCC2=CCCCC2)C(=NC2CCCCC2)N1C(=O)OC(C)(C)C. The van der Waals surface area contributed by atoms with E-state index in [9.17, 15) is 9.59 Å². The second kappa shape index (κ2) is 11.5. The first-order valence-corrected chi connectivity index (χ1v) is 13.2. The summed E-state index contributed by atoms with van der Waals surface area (Å²) in [6.45, 7) is 10.9. The highest BCUT2D eigenvalue weighted by molar-refractivity contribution is 6.05. The van der Waals surface area contributed by atoms with Crippen molar-refractivity contribution >= 4 is 17.8 Å². The quantitative estimate of drug-likeness (QED) is 0.450. The van der Waals surface area contributed by atoms with E-state index >= 15 is 0 Å². The molecule has 2 aliphatic carbocycles. The van der Waals surface area contributed by atoms with Crippen LogP contribution in [0.5, 0.6) is 0 Å². The molecule has 0 aromatic rings. The van der Waals surface area contributed by atoms with Crippen molar-refractivity contribution in [2.45, 2.75) is 123 Å². The van der Waals surface area contributed by atoms with Gasteiger partial charge in [-0.3, -0.25) is 4.79 Å². The lowest BCUT2D eigenvalue weighted by Gasteiger charge is -2.43. The van der Waals surface area contributed by atoms with Crippen LogP contribution in [0, 0.1) is 5.92 Å². The smallest absolute Gasteiger partial charge is 0.417 e. The lowest BCUT2D eigenvalue weighted by Crippen LogP contribution is -2.63. The number of ketones is 1. The molecule has 1 aliphatic heterocycles. The van der Waals surface area contributed by atoms with E-state index in [1.807, 2.05) is 20.8 Å². The summed E-state index contributed by atoms with van der Waals surface area (Å²) in [5.41, 5.74) is 0.840. The molecule has 186 valence electrons. The van der Waals surface area contributed by atoms with Gasteiger partial charge in [-0.25, -0.2) is 14.7 Å². The number of ether oxygens (including phenoxy) is 1. The molecule has 0 aromatic carbocycles. The van der Waals surface area contributed by atoms with E-state index in [-0.39, 0.29) is 11.8 Å². The van der Waals surface area contributed by atoms with E-state index in [0.29, 0.717) is 24.8 Å². The monoisotopic (exact) mass is 459 g/mol. The Morgan fingerprint density at radius 1 is 1.15 bits per heavy atom. The molecule has 6 nitrogen and oxygen atoms in total. The number of hydrogen-bond acceptors (Lipinski definition) is 4. The van der Waals surface area contributed by atoms with Crippen molar-refractivity contribution < 1.29 is 14.3 Å². The van der Waals surface area contributed by atoms with Gasteiger partial charge in [0.15, 0.2) is 5.78 Å². The minimum absolute atomic E-state index is 0.0924. The zero-order valence-electron chi connectivity index (χ0n) is 21.6. The number of Topliss-reactive ketones (excluding diaryl/α,β-unsaturated/α-hetero) is 1. The van der Waals surface area contributed by atoms with Crippen molar-refractivity contribution in [1.82, 2.24) is 9.80 Å². The van der Waals surface area contributed by atoms with Crippen LogP contribution in [0.15, 0.2) is 16.6 Å². The Morgan fingerprint density at radius 2 is 1.88 bits per heavy atom. The number of guanidine groups is 1. The molecular formula is C27H45N3O3. The third kappa shape index (κ3) is 7.58. The molecule has 0 radical (unpaired) electrons. The fourth-order valence-corrected chi connectivity index (χ4v) is 5.11. The van der Waals surface area contributed by atoms with Gasteiger partial charge < -0.3 is 9.64 Å². The molecule has 0 N–H and O–H groups in total. The molecule has 1 unspecified atom stereocenters. The summed E-state index contributed by atoms with van der Waals surface area (Å²) in [6.07, 6.45) is 14.0. The summed E-state index contributed by atoms with van der Waals surface area (Å²) >= 11 is 0. The lowest BCUT2D eigenvalue weighted by atomic mass is 9.94. The van der Waals surface area contributed by atoms with Crippen LogP contribution in [-0.4, -0.2) is 58.4 Å². The predicted molar refractivity (Wildman–Crippen MR) is 133 cm³/mol. The maximum atomic E-state index is 13.5. The Balaban J connectivity index is 1.93. The van der Waals surface area contributed by atoms with E-state index < -0.39 is 17.7 Å². The highest BCUT2D eigenvalue weighted by atomic mass is 16.6. The number of allylic oxidation sites excluding steroid dienone is 1. The molecule has 2 fully saturated rings. The van der Waals surface area contributed by atoms with Crippen molar-refractivity contribution in [1.29, 1.82) is 0 Å². The van der Waals surface area contributed by atoms with E-state index in [1.165, 1.54) is 37.7 Å². The molecule has 1 amide bonds. The van der Waals surface area contributed by atoms with Gasteiger partial charge in [0, 0.05) is 6.54 Å². The van der Waals surface area contributed by atoms with Crippen LogP contribution in [-0.2, 0) is 9.53 Å². The van der Waals surface area contributed by atoms with Crippen molar-refractivity contribution in [3.63, 3.8) is 0 Å². The number of rotatable bonds is 6. The van der Waals surface area contributed by atoms with Crippen LogP contribution in [0.1, 0.15) is 105 Å². The second-order valence-electron chi connectivity index (χ2n) is 11.5. The highest BCUT2D eigenvalue weighted by Gasteiger charge is 2.43. The van der Waals surface area contributed by atoms with Gasteiger partial charge in [-0.05, 0) is 78.1 Å². The summed E-state index contributed by atoms with van der Waals surface area (Å²) in [4.78, 5) is 35.7. The van der Waals surface area contributed by atoms with Crippen molar-refractivity contribution in [3.8, 4) is 0 Å². The number of carbonyl (C=O) groups excluding carboxylic acids is 2. The fraction of sp³-hybridized carbons (Fsp3) is 0.815. The van der Waals surface area contributed by atoms with Gasteiger partial charge in [-0.1, -0.05) is 44.8 Å². The molecule has 3 rings (SSSR count). The third-order valence-electron chi connectivity index (χ3n) is 6.77. The number of aliphatic imine (C=N–C) groups is 1. The summed E-state index contributed by atoms with van der Waals surface area (Å²) in [5, 5.41) is 0. The van der Waals surface area contributed by atoms with Crippen LogP contribution < -0.4 is 0 Å². The largest absolute Gasteiger partial charge is 0.443 e. The average Bonchev–Trinajstić information content (AvgIpc) is 2.74. The summed E-state index contributed by atoms with van der Waals surface area (Å²) in [5.74, 6) is 1.05. The molecule has 1 saturated carbocycles. The minimum Gasteiger partial charge on any atom is -0.443 e. The first kappa shape index (κ1) is 25.8. The van der Waals surface area contributed by atoms with Gasteiger partial charge in [-0.15, -0.1) is 0 Å². The molecule has 6 heteroatoms. The van der Waals surface area contributed by atoms with Crippen LogP contribution in [0.3, 0.4) is 0 Å². The summed E-state index contributed by atoms with van der Waals surface area (Å²) in [6, 6.07) is -0.296. The van der Waals surface area contributed by atoms with Crippen molar-refractivity contribution in [2.75, 3.05) is 13.1 Å². The second-order valence-corrected chi connectivity index (χ2v) is 11.5. The zero-order chi connectivity index (χ0) is 24.0. The van der Waals surface area contributed by atoms with E-state index in [0.717, 1.165) is 38.6 Å². The maximum absolute atomic E-state index is 13.5. The van der Waals surface area contributed by atoms with Crippen molar-refractivity contribution in [2.24, 2.45) is 10.9 Å². The predicted octanol–water partition coefficient (Wildman–Crippen LogP) is 6.10. The standard InChI is InChI=1S/C27H45N3O3/c1-20(2)18-23-24(31)19-29(17-16-21-12-8-6-9-13-21)25(28-22-14-10-7-11-15-22)30(23)26(32)33-27(3,4)5/h12,20,22-23H,6-11,13-19H2,1-5H3. The summed E-state index contributed by atoms with van der Waals surface area (Å²) < 4.78 is 5.82. The van der Waals surface area contributed by atoms with Gasteiger partial charge in [-0.2, -0.15) is 0 Å². The Morgan fingerprint density at radius 3 is 2.48 bits per heavy atom. The van der Waals surface area contributed by atoms with Gasteiger partial charge in [0.1, 0.15) is 11.6 Å². The Kier molecular flexibility index (Phi) is 9.00. The Hall–Kier alpha value is -1.85. The first-order valence-electron chi connectivity index (χ1n) is 13.2. The van der Waals surface area contributed by atoms with Gasteiger partial charge in [0.25, 0.3) is 0 Å². The minimum atomic E-state index is -0.631. The van der Waals surface area contributed by atoms with Gasteiger partial charge in [0.2, 0.25) is 5.96 Å². The van der Waals surface area contributed by atoms with Crippen LogP contribution in [0.4, 0.5) is 4.79 Å². The molecule has 33 heavy (non-hydrogen) atoms. The topological polar surface area (TPSA) is 62.2 Å². The summed E-state index contributed by atoms with van der Waals surface area (Å²) in [7, 11) is 0. The number of nitrogens with zero attached hydrogens (tertiary/aromatic N) is 3.